The van der Waals surface area contributed by atoms with E-state index in [1.807, 2.05) is 24.3 Å². The summed E-state index contributed by atoms with van der Waals surface area (Å²) < 4.78 is 14.7. The van der Waals surface area contributed by atoms with E-state index in [0.717, 1.165) is 14.9 Å². The number of hydrogen-bond acceptors (Lipinski definition) is 4. The van der Waals surface area contributed by atoms with Gasteiger partial charge in [-0.05, 0) is 79.2 Å². The van der Waals surface area contributed by atoms with Crippen LogP contribution < -0.4 is 16.0 Å². The van der Waals surface area contributed by atoms with Crippen molar-refractivity contribution in [2.24, 2.45) is 0 Å². The second kappa shape index (κ2) is 13.7. The van der Waals surface area contributed by atoms with Crippen LogP contribution in [-0.2, 0) is 9.59 Å². The second-order valence-electron chi connectivity index (χ2n) is 8.64. The lowest BCUT2D eigenvalue weighted by Gasteiger charge is -2.14. The summed E-state index contributed by atoms with van der Waals surface area (Å²) in [5.41, 5.74) is 1.85. The molecular formula is C31H25BrFN3O3S. The number of nitrogens with one attached hydrogen (secondary N) is 3. The molecule has 0 saturated carbocycles. The average molecular weight is 619 g/mol. The number of carbonyl (C=O) groups is 3. The first-order valence-electron chi connectivity index (χ1n) is 12.3. The molecule has 202 valence electrons. The number of carbonyl (C=O) groups excluding carboxylic acids is 3. The molecule has 0 aliphatic heterocycles. The van der Waals surface area contributed by atoms with E-state index in [0.29, 0.717) is 11.3 Å². The van der Waals surface area contributed by atoms with Gasteiger partial charge in [-0.2, -0.15) is 0 Å². The fourth-order valence-corrected chi connectivity index (χ4v) is 4.86. The van der Waals surface area contributed by atoms with Crippen molar-refractivity contribution in [2.45, 2.75) is 17.1 Å². The summed E-state index contributed by atoms with van der Waals surface area (Å²) in [5, 5.41) is 7.63. The molecule has 6 nitrogen and oxygen atoms in total. The highest BCUT2D eigenvalue weighted by Gasteiger charge is 2.17. The third-order valence-corrected chi connectivity index (χ3v) is 7.22. The standard InChI is InChI=1S/C31H25BrFN3O3S/c1-20(29(37)35-27-13-6-5-12-26(27)33)40-25-16-14-24(15-17-25)34-31(39)28(19-21-8-7-11-23(32)18-21)36-30(38)22-9-3-2-4-10-22/h2-20H,1H3,(H,34,39)(H,35,37)(H,36,38)/b28-19-. The molecule has 0 aromatic heterocycles. The Morgan fingerprint density at radius 3 is 2.25 bits per heavy atom. The lowest BCUT2D eigenvalue weighted by molar-refractivity contribution is -0.115. The highest BCUT2D eigenvalue weighted by Crippen LogP contribution is 2.26. The molecule has 0 bridgehead atoms. The van der Waals surface area contributed by atoms with Crippen LogP contribution >= 0.6 is 27.7 Å². The summed E-state index contributed by atoms with van der Waals surface area (Å²) in [5.74, 6) is -1.74. The summed E-state index contributed by atoms with van der Waals surface area (Å²) in [6.45, 7) is 1.73. The van der Waals surface area contributed by atoms with Crippen LogP contribution in [-0.4, -0.2) is 23.0 Å². The third kappa shape index (κ3) is 8.14. The Kier molecular flexibility index (Phi) is 9.88. The first kappa shape index (κ1) is 28.8. The molecule has 0 fully saturated rings. The number of thioether (sulfide) groups is 1. The second-order valence-corrected chi connectivity index (χ2v) is 11.0. The van der Waals surface area contributed by atoms with Crippen LogP contribution in [0.25, 0.3) is 6.08 Å². The van der Waals surface area contributed by atoms with Crippen LogP contribution in [0.3, 0.4) is 0 Å². The van der Waals surface area contributed by atoms with Crippen LogP contribution in [0.5, 0.6) is 0 Å². The van der Waals surface area contributed by atoms with Crippen molar-refractivity contribution in [3.8, 4) is 0 Å². The van der Waals surface area contributed by atoms with Gasteiger partial charge in [-0.15, -0.1) is 11.8 Å². The zero-order valence-corrected chi connectivity index (χ0v) is 23.8. The molecule has 1 unspecified atom stereocenters. The van der Waals surface area contributed by atoms with E-state index in [1.54, 1.807) is 79.7 Å². The van der Waals surface area contributed by atoms with Crippen LogP contribution in [0, 0.1) is 5.82 Å². The van der Waals surface area contributed by atoms with E-state index >= 15 is 0 Å². The van der Waals surface area contributed by atoms with E-state index in [9.17, 15) is 18.8 Å². The Morgan fingerprint density at radius 2 is 1.55 bits per heavy atom. The maximum absolute atomic E-state index is 13.9. The Labute approximate surface area is 244 Å². The normalized spacial score (nSPS) is 11.8. The Bertz CT molecular complexity index is 1550. The van der Waals surface area contributed by atoms with Crippen LogP contribution in [0.1, 0.15) is 22.8 Å². The molecular weight excluding hydrogens is 593 g/mol. The number of rotatable bonds is 9. The van der Waals surface area contributed by atoms with Crippen LogP contribution in [0.15, 0.2) is 118 Å². The highest BCUT2D eigenvalue weighted by molar-refractivity contribution is 9.10. The number of hydrogen-bond donors (Lipinski definition) is 3. The van der Waals surface area contributed by atoms with Gasteiger partial charge in [0.2, 0.25) is 5.91 Å². The minimum atomic E-state index is -0.499. The van der Waals surface area contributed by atoms with Gasteiger partial charge in [0.05, 0.1) is 10.9 Å². The van der Waals surface area contributed by atoms with Gasteiger partial charge in [-0.1, -0.05) is 58.4 Å². The van der Waals surface area contributed by atoms with Gasteiger partial charge in [0.1, 0.15) is 11.5 Å². The zero-order valence-electron chi connectivity index (χ0n) is 21.4. The van der Waals surface area contributed by atoms with Crippen LogP contribution in [0.4, 0.5) is 15.8 Å². The number of amides is 3. The summed E-state index contributed by atoms with van der Waals surface area (Å²) in [6, 6.07) is 28.9. The highest BCUT2D eigenvalue weighted by atomic mass is 79.9. The predicted octanol–water partition coefficient (Wildman–Crippen LogP) is 7.12. The Morgan fingerprint density at radius 1 is 0.850 bits per heavy atom. The molecule has 3 N–H and O–H groups in total. The van der Waals surface area contributed by atoms with E-state index in [1.165, 1.54) is 23.9 Å². The smallest absolute Gasteiger partial charge is 0.272 e. The van der Waals surface area contributed by atoms with E-state index in [2.05, 4.69) is 31.9 Å². The molecule has 1 atom stereocenters. The molecule has 0 aliphatic carbocycles. The lowest BCUT2D eigenvalue weighted by Crippen LogP contribution is -2.30. The average Bonchev–Trinajstić information content (AvgIpc) is 2.95. The molecule has 4 rings (SSSR count). The first-order chi connectivity index (χ1) is 19.3. The summed E-state index contributed by atoms with van der Waals surface area (Å²) in [4.78, 5) is 39.3. The zero-order chi connectivity index (χ0) is 28.5. The molecule has 3 amide bonds. The maximum Gasteiger partial charge on any atom is 0.272 e. The van der Waals surface area contributed by atoms with Gasteiger partial charge < -0.3 is 16.0 Å². The fourth-order valence-electron chi connectivity index (χ4n) is 3.58. The quantitative estimate of drug-likeness (QED) is 0.138. The number of benzene rings is 4. The van der Waals surface area contributed by atoms with Crippen molar-refractivity contribution in [1.29, 1.82) is 0 Å². The van der Waals surface area contributed by atoms with E-state index in [-0.39, 0.29) is 17.3 Å². The third-order valence-electron chi connectivity index (χ3n) is 5.61. The van der Waals surface area contributed by atoms with Crippen molar-refractivity contribution in [1.82, 2.24) is 5.32 Å². The SMILES string of the molecule is CC(Sc1ccc(NC(=O)/C(=C/c2cccc(Br)c2)NC(=O)c2ccccc2)cc1)C(=O)Nc1ccccc1F. The molecule has 40 heavy (non-hydrogen) atoms. The first-order valence-corrected chi connectivity index (χ1v) is 13.9. The van der Waals surface area contributed by atoms with Gasteiger partial charge in [0.25, 0.3) is 11.8 Å². The molecule has 9 heteroatoms. The van der Waals surface area contributed by atoms with E-state index < -0.39 is 22.9 Å². The van der Waals surface area contributed by atoms with Crippen molar-refractivity contribution >= 4 is 62.9 Å². The van der Waals surface area contributed by atoms with Crippen molar-refractivity contribution in [2.75, 3.05) is 10.6 Å². The molecule has 4 aromatic rings. The molecule has 0 spiro atoms. The van der Waals surface area contributed by atoms with Crippen molar-refractivity contribution in [3.63, 3.8) is 0 Å². The minimum Gasteiger partial charge on any atom is -0.323 e. The Balaban J connectivity index is 1.43. The minimum absolute atomic E-state index is 0.0730. The summed E-state index contributed by atoms with van der Waals surface area (Å²) in [7, 11) is 0. The summed E-state index contributed by atoms with van der Waals surface area (Å²) in [6.07, 6.45) is 1.60. The lowest BCUT2D eigenvalue weighted by atomic mass is 10.1. The van der Waals surface area contributed by atoms with Gasteiger partial charge in [0.15, 0.2) is 0 Å². The summed E-state index contributed by atoms with van der Waals surface area (Å²) >= 11 is 4.72. The maximum atomic E-state index is 13.9. The van der Waals surface area contributed by atoms with Crippen LogP contribution in [0.2, 0.25) is 0 Å². The largest absolute Gasteiger partial charge is 0.323 e. The van der Waals surface area contributed by atoms with Gasteiger partial charge in [-0.25, -0.2) is 4.39 Å². The number of halogens is 2. The number of anilines is 2. The van der Waals surface area contributed by atoms with Gasteiger partial charge >= 0.3 is 0 Å². The fraction of sp³-hybridized carbons (Fsp3) is 0.0645. The monoisotopic (exact) mass is 617 g/mol. The topological polar surface area (TPSA) is 87.3 Å². The van der Waals surface area contributed by atoms with E-state index in [4.69, 9.17) is 0 Å². The molecule has 0 aliphatic rings. The van der Waals surface area contributed by atoms with Crippen molar-refractivity contribution in [3.05, 3.63) is 130 Å². The van der Waals surface area contributed by atoms with Gasteiger partial charge in [-0.3, -0.25) is 14.4 Å². The molecule has 0 heterocycles. The number of para-hydroxylation sites is 1. The Hall–Kier alpha value is -4.21. The molecule has 0 saturated heterocycles. The van der Waals surface area contributed by atoms with Crippen molar-refractivity contribution < 1.29 is 18.8 Å². The molecule has 4 aromatic carbocycles. The van der Waals surface area contributed by atoms with Gasteiger partial charge in [0, 0.05) is 20.6 Å². The predicted molar refractivity (Wildman–Crippen MR) is 161 cm³/mol. The molecule has 0 radical (unpaired) electrons.